The standard InChI is InChI=1S/C23H29NO/c1-16(22-11-5-7-17-6-2-3-10-23(17)22)24-20-13-12-19(14-20)18-8-4-9-21(25)15-18/h3-5,8-11,15-17,19-20,24-25H,2,6-7,12-14H2,1H3/t16-,17?,19-,20+/m1/s1. The van der Waals surface area contributed by atoms with Crippen molar-refractivity contribution in [1.82, 2.24) is 5.32 Å². The minimum absolute atomic E-state index is 0.386. The van der Waals surface area contributed by atoms with Crippen LogP contribution in [-0.2, 0) is 0 Å². The van der Waals surface area contributed by atoms with E-state index in [0.29, 0.717) is 23.8 Å². The summed E-state index contributed by atoms with van der Waals surface area (Å²) in [7, 11) is 0. The molecular formula is C23H29NO. The molecule has 25 heavy (non-hydrogen) atoms. The Labute approximate surface area is 151 Å². The Hall–Kier alpha value is -1.80. The van der Waals surface area contributed by atoms with Crippen molar-refractivity contribution in [3.63, 3.8) is 0 Å². The van der Waals surface area contributed by atoms with Gasteiger partial charge in [0.1, 0.15) is 5.75 Å². The van der Waals surface area contributed by atoms with Crippen LogP contribution in [0.2, 0.25) is 0 Å². The lowest BCUT2D eigenvalue weighted by Gasteiger charge is -2.30. The van der Waals surface area contributed by atoms with Crippen molar-refractivity contribution in [2.75, 3.05) is 0 Å². The Morgan fingerprint density at radius 3 is 2.88 bits per heavy atom. The summed E-state index contributed by atoms with van der Waals surface area (Å²) < 4.78 is 0. The van der Waals surface area contributed by atoms with E-state index in [2.05, 4.69) is 42.6 Å². The van der Waals surface area contributed by atoms with Crippen molar-refractivity contribution < 1.29 is 5.11 Å². The molecule has 0 amide bonds. The maximum Gasteiger partial charge on any atom is 0.115 e. The average molecular weight is 335 g/mol. The molecule has 3 aliphatic carbocycles. The third kappa shape index (κ3) is 3.59. The van der Waals surface area contributed by atoms with Gasteiger partial charge in [0, 0.05) is 12.1 Å². The molecule has 1 fully saturated rings. The Morgan fingerprint density at radius 2 is 2.00 bits per heavy atom. The highest BCUT2D eigenvalue weighted by Crippen LogP contribution is 2.37. The predicted molar refractivity (Wildman–Crippen MR) is 104 cm³/mol. The molecule has 4 rings (SSSR count). The number of aromatic hydroxyl groups is 1. The number of hydrogen-bond donors (Lipinski definition) is 2. The average Bonchev–Trinajstić information content (AvgIpc) is 3.10. The van der Waals surface area contributed by atoms with Gasteiger partial charge in [0.15, 0.2) is 0 Å². The van der Waals surface area contributed by atoms with Crippen LogP contribution in [0.4, 0.5) is 0 Å². The van der Waals surface area contributed by atoms with Gasteiger partial charge in [-0.05, 0) is 86.1 Å². The quantitative estimate of drug-likeness (QED) is 0.790. The Morgan fingerprint density at radius 1 is 1.08 bits per heavy atom. The van der Waals surface area contributed by atoms with Gasteiger partial charge in [-0.1, -0.05) is 36.4 Å². The minimum atomic E-state index is 0.386. The molecule has 1 aromatic rings. The topological polar surface area (TPSA) is 32.3 Å². The predicted octanol–water partition coefficient (Wildman–Crippen LogP) is 5.23. The van der Waals surface area contributed by atoms with E-state index in [1.807, 2.05) is 12.1 Å². The maximum atomic E-state index is 9.73. The summed E-state index contributed by atoms with van der Waals surface area (Å²) in [5.74, 6) is 1.69. The summed E-state index contributed by atoms with van der Waals surface area (Å²) >= 11 is 0. The molecule has 0 radical (unpaired) electrons. The van der Waals surface area contributed by atoms with E-state index in [4.69, 9.17) is 0 Å². The van der Waals surface area contributed by atoms with Crippen molar-refractivity contribution in [2.45, 2.75) is 63.5 Å². The second-order valence-electron chi connectivity index (χ2n) is 7.92. The monoisotopic (exact) mass is 335 g/mol. The van der Waals surface area contributed by atoms with Crippen molar-refractivity contribution in [2.24, 2.45) is 5.92 Å². The number of rotatable bonds is 4. The molecule has 2 heteroatoms. The highest BCUT2D eigenvalue weighted by atomic mass is 16.3. The lowest BCUT2D eigenvalue weighted by atomic mass is 9.79. The van der Waals surface area contributed by atoms with Gasteiger partial charge in [0.25, 0.3) is 0 Å². The second-order valence-corrected chi connectivity index (χ2v) is 7.92. The number of fused-ring (bicyclic) bond motifs is 1. The van der Waals surface area contributed by atoms with Gasteiger partial charge in [-0.3, -0.25) is 0 Å². The van der Waals surface area contributed by atoms with Gasteiger partial charge in [-0.2, -0.15) is 0 Å². The summed E-state index contributed by atoms with van der Waals surface area (Å²) in [5, 5.41) is 13.6. The zero-order chi connectivity index (χ0) is 17.2. The first-order chi connectivity index (χ1) is 12.2. The zero-order valence-electron chi connectivity index (χ0n) is 15.1. The van der Waals surface area contributed by atoms with Crippen molar-refractivity contribution in [3.05, 3.63) is 65.3 Å². The molecule has 1 saturated carbocycles. The number of phenols is 1. The van der Waals surface area contributed by atoms with E-state index in [9.17, 15) is 5.11 Å². The zero-order valence-corrected chi connectivity index (χ0v) is 15.1. The van der Waals surface area contributed by atoms with Gasteiger partial charge in [0.2, 0.25) is 0 Å². The number of hydrogen-bond acceptors (Lipinski definition) is 2. The lowest BCUT2D eigenvalue weighted by molar-refractivity contribution is 0.467. The van der Waals surface area contributed by atoms with Crippen molar-refractivity contribution >= 4 is 0 Å². The summed E-state index contributed by atoms with van der Waals surface area (Å²) in [6.07, 6.45) is 16.7. The molecule has 0 heterocycles. The Bertz CT molecular complexity index is 715. The molecule has 0 aliphatic heterocycles. The van der Waals surface area contributed by atoms with Crippen molar-refractivity contribution in [1.29, 1.82) is 0 Å². The first-order valence-corrected chi connectivity index (χ1v) is 9.83. The molecule has 132 valence electrons. The highest BCUT2D eigenvalue weighted by Gasteiger charge is 2.29. The summed E-state index contributed by atoms with van der Waals surface area (Å²) in [6, 6.07) is 8.78. The normalized spacial score (nSPS) is 29.7. The fourth-order valence-electron chi connectivity index (χ4n) is 4.88. The van der Waals surface area contributed by atoms with E-state index >= 15 is 0 Å². The van der Waals surface area contributed by atoms with Crippen LogP contribution in [0, 0.1) is 5.92 Å². The lowest BCUT2D eigenvalue weighted by Crippen LogP contribution is -2.37. The summed E-state index contributed by atoms with van der Waals surface area (Å²) in [6.45, 7) is 2.32. The Kier molecular flexibility index (Phi) is 4.80. The largest absolute Gasteiger partial charge is 0.508 e. The molecule has 0 saturated heterocycles. The van der Waals surface area contributed by atoms with Gasteiger partial charge >= 0.3 is 0 Å². The molecule has 0 spiro atoms. The third-order valence-corrected chi connectivity index (χ3v) is 6.20. The molecule has 0 aromatic heterocycles. The van der Waals surface area contributed by atoms with E-state index in [0.717, 1.165) is 5.92 Å². The summed E-state index contributed by atoms with van der Waals surface area (Å²) in [5.41, 5.74) is 4.34. The number of allylic oxidation sites excluding steroid dienone is 4. The molecule has 1 unspecified atom stereocenters. The molecule has 4 atom stereocenters. The fraction of sp³-hybridized carbons (Fsp3) is 0.478. The van der Waals surface area contributed by atoms with Crippen molar-refractivity contribution in [3.8, 4) is 5.75 Å². The molecular weight excluding hydrogens is 306 g/mol. The molecule has 2 N–H and O–H groups in total. The highest BCUT2D eigenvalue weighted by molar-refractivity contribution is 5.42. The molecule has 0 bridgehead atoms. The van der Waals surface area contributed by atoms with E-state index in [1.165, 1.54) is 49.7 Å². The van der Waals surface area contributed by atoms with Gasteiger partial charge in [0.05, 0.1) is 0 Å². The van der Waals surface area contributed by atoms with Crippen LogP contribution < -0.4 is 5.32 Å². The van der Waals surface area contributed by atoms with Gasteiger partial charge in [-0.15, -0.1) is 0 Å². The number of nitrogens with one attached hydrogen (secondary N) is 1. The smallest absolute Gasteiger partial charge is 0.115 e. The van der Waals surface area contributed by atoms with Crippen LogP contribution in [0.1, 0.15) is 56.9 Å². The third-order valence-electron chi connectivity index (χ3n) is 6.20. The van der Waals surface area contributed by atoms with Gasteiger partial charge < -0.3 is 10.4 Å². The number of phenolic OH excluding ortho intramolecular Hbond substituents is 1. The molecule has 2 nitrogen and oxygen atoms in total. The molecule has 3 aliphatic rings. The van der Waals surface area contributed by atoms with E-state index < -0.39 is 0 Å². The van der Waals surface area contributed by atoms with Crippen LogP contribution >= 0.6 is 0 Å². The summed E-state index contributed by atoms with van der Waals surface area (Å²) in [4.78, 5) is 0. The van der Waals surface area contributed by atoms with Gasteiger partial charge in [-0.25, -0.2) is 0 Å². The van der Waals surface area contributed by atoms with E-state index in [-0.39, 0.29) is 0 Å². The fourth-order valence-corrected chi connectivity index (χ4v) is 4.88. The van der Waals surface area contributed by atoms with Crippen LogP contribution in [0.5, 0.6) is 5.75 Å². The van der Waals surface area contributed by atoms with Crippen LogP contribution in [0.15, 0.2) is 59.7 Å². The molecule has 1 aromatic carbocycles. The van der Waals surface area contributed by atoms with Crippen LogP contribution in [0.3, 0.4) is 0 Å². The van der Waals surface area contributed by atoms with Crippen LogP contribution in [-0.4, -0.2) is 17.2 Å². The second kappa shape index (κ2) is 7.21. The van der Waals surface area contributed by atoms with E-state index in [1.54, 1.807) is 11.6 Å². The van der Waals surface area contributed by atoms with Crippen LogP contribution in [0.25, 0.3) is 0 Å². The SMILES string of the molecule is C[C@@H](N[C@H]1CC[C@@H](c2cccc(O)c2)C1)C1=C2C=CCCC2CC=C1. The minimum Gasteiger partial charge on any atom is -0.508 e. The Balaban J connectivity index is 1.43. The first kappa shape index (κ1) is 16.7. The first-order valence-electron chi connectivity index (χ1n) is 9.83. The number of benzene rings is 1. The maximum absolute atomic E-state index is 9.73.